The molecule has 0 fully saturated rings. The molecular formula is C17H17NO5S. The fourth-order valence-electron chi connectivity index (χ4n) is 1.99. The molecule has 2 aromatic rings. The highest BCUT2D eigenvalue weighted by atomic mass is 32.2. The van der Waals surface area contributed by atoms with Crippen LogP contribution in [0, 0.1) is 0 Å². The van der Waals surface area contributed by atoms with Gasteiger partial charge in [0.15, 0.2) is 16.4 Å². The van der Waals surface area contributed by atoms with Gasteiger partial charge in [0.1, 0.15) is 0 Å². The molecule has 2 rings (SSSR count). The van der Waals surface area contributed by atoms with Crippen molar-refractivity contribution in [3.63, 3.8) is 0 Å². The Bertz CT molecular complexity index is 831. The number of carbonyl (C=O) groups is 2. The van der Waals surface area contributed by atoms with E-state index >= 15 is 0 Å². The molecule has 0 atom stereocenters. The summed E-state index contributed by atoms with van der Waals surface area (Å²) in [5.41, 5.74) is 0.499. The molecule has 0 aliphatic rings. The molecule has 0 heterocycles. The van der Waals surface area contributed by atoms with Crippen LogP contribution in [-0.4, -0.2) is 32.7 Å². The van der Waals surface area contributed by atoms with Crippen LogP contribution in [0.25, 0.3) is 0 Å². The number of nitrogens with one attached hydrogen (secondary N) is 1. The van der Waals surface area contributed by atoms with Gasteiger partial charge in [-0.2, -0.15) is 0 Å². The predicted molar refractivity (Wildman–Crippen MR) is 89.5 cm³/mol. The molecule has 0 aliphatic heterocycles. The van der Waals surface area contributed by atoms with E-state index < -0.39 is 28.3 Å². The molecule has 0 aliphatic carbocycles. The van der Waals surface area contributed by atoms with Crippen LogP contribution >= 0.6 is 0 Å². The second-order valence-electron chi connectivity index (χ2n) is 4.89. The third-order valence-electron chi connectivity index (χ3n) is 3.21. The SMILES string of the molecule is CCS(=O)(=O)c1ccccc1C(=O)OCC(=O)Nc1ccccc1. The summed E-state index contributed by atoms with van der Waals surface area (Å²) in [7, 11) is -3.56. The van der Waals surface area contributed by atoms with Gasteiger partial charge < -0.3 is 10.1 Å². The van der Waals surface area contributed by atoms with Crippen molar-refractivity contribution in [2.24, 2.45) is 0 Å². The van der Waals surface area contributed by atoms with E-state index in [-0.39, 0.29) is 16.2 Å². The monoisotopic (exact) mass is 347 g/mol. The van der Waals surface area contributed by atoms with Gasteiger partial charge in [0.05, 0.1) is 16.2 Å². The first kappa shape index (κ1) is 17.7. The van der Waals surface area contributed by atoms with Crippen molar-refractivity contribution in [3.05, 3.63) is 60.2 Å². The van der Waals surface area contributed by atoms with Gasteiger partial charge in [-0.1, -0.05) is 37.3 Å². The van der Waals surface area contributed by atoms with E-state index in [1.807, 2.05) is 0 Å². The quantitative estimate of drug-likeness (QED) is 0.810. The summed E-state index contributed by atoms with van der Waals surface area (Å²) in [6.45, 7) is 0.985. The van der Waals surface area contributed by atoms with Crippen molar-refractivity contribution in [2.45, 2.75) is 11.8 Å². The zero-order valence-electron chi connectivity index (χ0n) is 13.1. The summed E-state index contributed by atoms with van der Waals surface area (Å²) in [5, 5.41) is 2.57. The lowest BCUT2D eigenvalue weighted by Crippen LogP contribution is -2.22. The fourth-order valence-corrected chi connectivity index (χ4v) is 3.07. The minimum Gasteiger partial charge on any atom is -0.452 e. The number of amides is 1. The van der Waals surface area contributed by atoms with Crippen LogP contribution in [0.5, 0.6) is 0 Å². The predicted octanol–water partition coefficient (Wildman–Crippen LogP) is 2.28. The number of benzene rings is 2. The number of esters is 1. The number of hydrogen-bond acceptors (Lipinski definition) is 5. The molecule has 0 radical (unpaired) electrons. The number of hydrogen-bond donors (Lipinski definition) is 1. The van der Waals surface area contributed by atoms with Gasteiger partial charge in [-0.05, 0) is 24.3 Å². The molecule has 0 bridgehead atoms. The Morgan fingerprint density at radius 3 is 2.29 bits per heavy atom. The van der Waals surface area contributed by atoms with Gasteiger partial charge >= 0.3 is 5.97 Å². The number of carbonyl (C=O) groups excluding carboxylic acids is 2. The highest BCUT2D eigenvalue weighted by molar-refractivity contribution is 7.91. The maximum atomic E-state index is 12.1. The molecule has 0 spiro atoms. The first-order valence-electron chi connectivity index (χ1n) is 7.28. The molecule has 2 aromatic carbocycles. The lowest BCUT2D eigenvalue weighted by Gasteiger charge is -2.09. The summed E-state index contributed by atoms with van der Waals surface area (Å²) in [4.78, 5) is 23.8. The van der Waals surface area contributed by atoms with Crippen LogP contribution < -0.4 is 5.32 Å². The van der Waals surface area contributed by atoms with Gasteiger partial charge in [0.2, 0.25) is 0 Å². The second kappa shape index (κ2) is 7.74. The van der Waals surface area contributed by atoms with Gasteiger partial charge in [-0.25, -0.2) is 13.2 Å². The zero-order chi connectivity index (χ0) is 17.6. The van der Waals surface area contributed by atoms with E-state index in [9.17, 15) is 18.0 Å². The van der Waals surface area contributed by atoms with Gasteiger partial charge in [0.25, 0.3) is 5.91 Å². The lowest BCUT2D eigenvalue weighted by molar-refractivity contribution is -0.119. The number of rotatable bonds is 6. The third kappa shape index (κ3) is 4.42. The van der Waals surface area contributed by atoms with Gasteiger partial charge in [-0.15, -0.1) is 0 Å². The third-order valence-corrected chi connectivity index (χ3v) is 5.00. The van der Waals surface area contributed by atoms with Crippen molar-refractivity contribution in [1.82, 2.24) is 0 Å². The Morgan fingerprint density at radius 2 is 1.62 bits per heavy atom. The zero-order valence-corrected chi connectivity index (χ0v) is 13.9. The van der Waals surface area contributed by atoms with Crippen LogP contribution in [-0.2, 0) is 19.4 Å². The molecule has 1 N–H and O–H groups in total. The van der Waals surface area contributed by atoms with Crippen LogP contribution in [0.2, 0.25) is 0 Å². The van der Waals surface area contributed by atoms with Crippen molar-refractivity contribution in [3.8, 4) is 0 Å². The van der Waals surface area contributed by atoms with Crippen LogP contribution in [0.15, 0.2) is 59.5 Å². The summed E-state index contributed by atoms with van der Waals surface area (Å²) < 4.78 is 29.0. The Labute approximate surface area is 140 Å². The highest BCUT2D eigenvalue weighted by Crippen LogP contribution is 2.18. The minimum absolute atomic E-state index is 0.0770. The van der Waals surface area contributed by atoms with Crippen molar-refractivity contribution < 1.29 is 22.7 Å². The molecule has 0 aromatic heterocycles. The van der Waals surface area contributed by atoms with E-state index in [4.69, 9.17) is 4.74 Å². The molecule has 1 amide bonds. The molecule has 7 heteroatoms. The smallest absolute Gasteiger partial charge is 0.339 e. The number of anilines is 1. The van der Waals surface area contributed by atoms with Crippen molar-refractivity contribution in [2.75, 3.05) is 17.7 Å². The first-order valence-corrected chi connectivity index (χ1v) is 8.93. The number of para-hydroxylation sites is 1. The van der Waals surface area contributed by atoms with E-state index in [0.29, 0.717) is 5.69 Å². The maximum Gasteiger partial charge on any atom is 0.339 e. The Morgan fingerprint density at radius 1 is 1.00 bits per heavy atom. The topological polar surface area (TPSA) is 89.5 Å². The largest absolute Gasteiger partial charge is 0.452 e. The standard InChI is InChI=1S/C17H17NO5S/c1-2-24(21,22)15-11-7-6-10-14(15)17(20)23-12-16(19)18-13-8-4-3-5-9-13/h3-11H,2,12H2,1H3,(H,18,19). The molecule has 0 saturated carbocycles. The summed E-state index contributed by atoms with van der Waals surface area (Å²) >= 11 is 0. The average molecular weight is 347 g/mol. The van der Waals surface area contributed by atoms with Gasteiger partial charge in [-0.3, -0.25) is 4.79 Å². The van der Waals surface area contributed by atoms with E-state index in [1.165, 1.54) is 31.2 Å². The summed E-state index contributed by atoms with van der Waals surface area (Å²) in [6.07, 6.45) is 0. The van der Waals surface area contributed by atoms with Crippen molar-refractivity contribution >= 4 is 27.4 Å². The second-order valence-corrected chi connectivity index (χ2v) is 7.14. The number of ether oxygens (including phenoxy) is 1. The summed E-state index contributed by atoms with van der Waals surface area (Å²) in [6, 6.07) is 14.5. The minimum atomic E-state index is -3.56. The average Bonchev–Trinajstić information content (AvgIpc) is 2.60. The normalized spacial score (nSPS) is 10.9. The molecule has 24 heavy (non-hydrogen) atoms. The summed E-state index contributed by atoms with van der Waals surface area (Å²) in [5.74, 6) is -1.50. The van der Waals surface area contributed by atoms with E-state index in [0.717, 1.165) is 0 Å². The van der Waals surface area contributed by atoms with Crippen LogP contribution in [0.4, 0.5) is 5.69 Å². The molecule has 6 nitrogen and oxygen atoms in total. The molecular weight excluding hydrogens is 330 g/mol. The first-order chi connectivity index (χ1) is 11.4. The molecule has 0 unspecified atom stereocenters. The maximum absolute atomic E-state index is 12.1. The highest BCUT2D eigenvalue weighted by Gasteiger charge is 2.22. The lowest BCUT2D eigenvalue weighted by atomic mass is 10.2. The fraction of sp³-hybridized carbons (Fsp3) is 0.176. The van der Waals surface area contributed by atoms with E-state index in [1.54, 1.807) is 30.3 Å². The molecule has 0 saturated heterocycles. The van der Waals surface area contributed by atoms with Crippen LogP contribution in [0.1, 0.15) is 17.3 Å². The Hall–Kier alpha value is -2.67. The molecule has 126 valence electrons. The van der Waals surface area contributed by atoms with Gasteiger partial charge in [0, 0.05) is 5.69 Å². The van der Waals surface area contributed by atoms with Crippen LogP contribution in [0.3, 0.4) is 0 Å². The van der Waals surface area contributed by atoms with E-state index in [2.05, 4.69) is 5.32 Å². The number of sulfone groups is 1. The Kier molecular flexibility index (Phi) is 5.70. The van der Waals surface area contributed by atoms with Crippen molar-refractivity contribution in [1.29, 1.82) is 0 Å². The Balaban J connectivity index is 2.05.